The van der Waals surface area contributed by atoms with E-state index in [1.807, 2.05) is 0 Å². The summed E-state index contributed by atoms with van der Waals surface area (Å²) in [5.74, 6) is -0.642. The smallest absolute Gasteiger partial charge is 0.294 e. The molecule has 0 spiro atoms. The summed E-state index contributed by atoms with van der Waals surface area (Å²) in [4.78, 5) is 14.6. The Hall–Kier alpha value is -1.39. The molecular formula is C10H10F3NO. The highest BCUT2D eigenvalue weighted by Gasteiger charge is 2.33. The summed E-state index contributed by atoms with van der Waals surface area (Å²) in [6, 6.07) is 2.07. The first-order chi connectivity index (χ1) is 6.82. The zero-order chi connectivity index (χ0) is 11.6. The van der Waals surface area contributed by atoms with Crippen molar-refractivity contribution >= 4 is 5.78 Å². The number of carbonyl (C=O) groups excluding carboxylic acids is 1. The monoisotopic (exact) mass is 217 g/mol. The van der Waals surface area contributed by atoms with Crippen LogP contribution >= 0.6 is 0 Å². The van der Waals surface area contributed by atoms with E-state index >= 15 is 0 Å². The molecular weight excluding hydrogens is 207 g/mol. The molecule has 0 N–H and O–H groups in total. The van der Waals surface area contributed by atoms with Gasteiger partial charge < -0.3 is 0 Å². The molecule has 0 saturated heterocycles. The summed E-state index contributed by atoms with van der Waals surface area (Å²) in [6.45, 7) is 3.27. The largest absolute Gasteiger partial charge is 0.433 e. The first kappa shape index (κ1) is 11.7. The highest BCUT2D eigenvalue weighted by Crippen LogP contribution is 2.28. The maximum absolute atomic E-state index is 12.3. The van der Waals surface area contributed by atoms with Crippen LogP contribution in [0, 0.1) is 5.92 Å². The van der Waals surface area contributed by atoms with Crippen molar-refractivity contribution < 1.29 is 18.0 Å². The predicted molar refractivity (Wildman–Crippen MR) is 48.4 cm³/mol. The number of hydrogen-bond donors (Lipinski definition) is 0. The van der Waals surface area contributed by atoms with Gasteiger partial charge in [0.15, 0.2) is 5.78 Å². The van der Waals surface area contributed by atoms with Crippen LogP contribution in [0.2, 0.25) is 0 Å². The van der Waals surface area contributed by atoms with E-state index in [1.54, 1.807) is 13.8 Å². The second-order valence-electron chi connectivity index (χ2n) is 3.45. The lowest BCUT2D eigenvalue weighted by Gasteiger charge is -2.08. The summed E-state index contributed by atoms with van der Waals surface area (Å²) in [6.07, 6.45) is -3.51. The van der Waals surface area contributed by atoms with Gasteiger partial charge in [0.1, 0.15) is 5.69 Å². The molecule has 1 rings (SSSR count). The fourth-order valence-corrected chi connectivity index (χ4v) is 1.07. The molecule has 1 aromatic rings. The van der Waals surface area contributed by atoms with Crippen LogP contribution in [0.4, 0.5) is 13.2 Å². The van der Waals surface area contributed by atoms with Gasteiger partial charge in [-0.15, -0.1) is 0 Å². The first-order valence-electron chi connectivity index (χ1n) is 4.40. The number of rotatable bonds is 2. The Morgan fingerprint density at radius 1 is 1.40 bits per heavy atom. The average Bonchev–Trinajstić information content (AvgIpc) is 2.15. The number of hydrogen-bond acceptors (Lipinski definition) is 2. The Labute approximate surface area is 85.1 Å². The van der Waals surface area contributed by atoms with Crippen molar-refractivity contribution in [2.75, 3.05) is 0 Å². The Balaban J connectivity index is 3.09. The van der Waals surface area contributed by atoms with Crippen LogP contribution < -0.4 is 0 Å². The lowest BCUT2D eigenvalue weighted by molar-refractivity contribution is -0.141. The van der Waals surface area contributed by atoms with Crippen LogP contribution in [0.5, 0.6) is 0 Å². The molecule has 0 aromatic carbocycles. The Morgan fingerprint density at radius 2 is 2.00 bits per heavy atom. The van der Waals surface area contributed by atoms with Gasteiger partial charge in [-0.3, -0.25) is 9.78 Å². The van der Waals surface area contributed by atoms with Gasteiger partial charge in [0, 0.05) is 17.7 Å². The summed E-state index contributed by atoms with van der Waals surface area (Å²) in [5, 5.41) is 0. The Bertz CT molecular complexity index is 371. The Kier molecular flexibility index (Phi) is 3.12. The normalized spacial score (nSPS) is 11.9. The number of nitrogens with zero attached hydrogens (tertiary/aromatic N) is 1. The van der Waals surface area contributed by atoms with Crippen LogP contribution in [0.25, 0.3) is 0 Å². The fourth-order valence-electron chi connectivity index (χ4n) is 1.07. The van der Waals surface area contributed by atoms with Crippen molar-refractivity contribution in [2.45, 2.75) is 20.0 Å². The van der Waals surface area contributed by atoms with E-state index in [1.165, 1.54) is 6.07 Å². The van der Waals surface area contributed by atoms with E-state index in [0.717, 1.165) is 12.3 Å². The lowest BCUT2D eigenvalue weighted by Crippen LogP contribution is -2.12. The van der Waals surface area contributed by atoms with E-state index in [0.29, 0.717) is 0 Å². The number of aromatic nitrogens is 1. The van der Waals surface area contributed by atoms with Gasteiger partial charge in [-0.2, -0.15) is 13.2 Å². The van der Waals surface area contributed by atoms with Crippen LogP contribution in [0.3, 0.4) is 0 Å². The van der Waals surface area contributed by atoms with E-state index < -0.39 is 11.9 Å². The maximum atomic E-state index is 12.3. The standard InChI is InChI=1S/C10H10F3NO/c1-6(2)9(15)7-3-4-14-8(5-7)10(11,12)13/h3-6H,1-2H3. The molecule has 0 amide bonds. The Morgan fingerprint density at radius 3 is 2.47 bits per heavy atom. The fraction of sp³-hybridized carbons (Fsp3) is 0.400. The molecule has 0 unspecified atom stereocenters. The SMILES string of the molecule is CC(C)C(=O)c1ccnc(C(F)(F)F)c1. The molecule has 1 aromatic heterocycles. The van der Waals surface area contributed by atoms with Crippen LogP contribution in [-0.4, -0.2) is 10.8 Å². The van der Waals surface area contributed by atoms with Crippen molar-refractivity contribution in [2.24, 2.45) is 5.92 Å². The molecule has 2 nitrogen and oxygen atoms in total. The van der Waals surface area contributed by atoms with Gasteiger partial charge in [-0.1, -0.05) is 13.8 Å². The molecule has 1 heterocycles. The summed E-state index contributed by atoms with van der Waals surface area (Å²) in [5.41, 5.74) is -0.985. The van der Waals surface area contributed by atoms with Crippen molar-refractivity contribution in [3.05, 3.63) is 29.6 Å². The molecule has 0 saturated carbocycles. The van der Waals surface area contributed by atoms with Crippen molar-refractivity contribution in [1.82, 2.24) is 4.98 Å². The molecule has 0 bridgehead atoms. The number of halogens is 3. The van der Waals surface area contributed by atoms with E-state index in [9.17, 15) is 18.0 Å². The van der Waals surface area contributed by atoms with Crippen LogP contribution in [-0.2, 0) is 6.18 Å². The van der Waals surface area contributed by atoms with Gasteiger partial charge >= 0.3 is 6.18 Å². The third-order valence-electron chi connectivity index (χ3n) is 1.86. The molecule has 82 valence electrons. The third-order valence-corrected chi connectivity index (χ3v) is 1.86. The molecule has 0 radical (unpaired) electrons. The molecule has 15 heavy (non-hydrogen) atoms. The number of alkyl halides is 3. The topological polar surface area (TPSA) is 30.0 Å². The third kappa shape index (κ3) is 2.78. The number of Topliss-reactive ketones (excluding diaryl/α,β-unsaturated/α-hetero) is 1. The van der Waals surface area contributed by atoms with Crippen LogP contribution in [0.15, 0.2) is 18.3 Å². The lowest BCUT2D eigenvalue weighted by atomic mass is 10.0. The van der Waals surface area contributed by atoms with E-state index in [-0.39, 0.29) is 17.3 Å². The first-order valence-corrected chi connectivity index (χ1v) is 4.40. The molecule has 0 fully saturated rings. The number of carbonyl (C=O) groups is 1. The number of ketones is 1. The quantitative estimate of drug-likeness (QED) is 0.713. The highest BCUT2D eigenvalue weighted by molar-refractivity contribution is 5.97. The highest BCUT2D eigenvalue weighted by atomic mass is 19.4. The van der Waals surface area contributed by atoms with E-state index in [2.05, 4.69) is 4.98 Å². The predicted octanol–water partition coefficient (Wildman–Crippen LogP) is 2.94. The van der Waals surface area contributed by atoms with Gasteiger partial charge in [0.05, 0.1) is 0 Å². The van der Waals surface area contributed by atoms with E-state index in [4.69, 9.17) is 0 Å². The summed E-state index contributed by atoms with van der Waals surface area (Å²) in [7, 11) is 0. The van der Waals surface area contributed by atoms with Gasteiger partial charge in [-0.05, 0) is 12.1 Å². The molecule has 0 aliphatic rings. The summed E-state index contributed by atoms with van der Waals surface area (Å²) >= 11 is 0. The minimum absolute atomic E-state index is 0.0484. The second kappa shape index (κ2) is 4.00. The van der Waals surface area contributed by atoms with Crippen molar-refractivity contribution in [1.29, 1.82) is 0 Å². The van der Waals surface area contributed by atoms with Gasteiger partial charge in [0.2, 0.25) is 0 Å². The summed E-state index contributed by atoms with van der Waals surface area (Å²) < 4.78 is 36.8. The number of pyridine rings is 1. The molecule has 0 atom stereocenters. The zero-order valence-electron chi connectivity index (χ0n) is 8.30. The molecule has 0 aliphatic carbocycles. The van der Waals surface area contributed by atoms with Crippen molar-refractivity contribution in [3.63, 3.8) is 0 Å². The minimum Gasteiger partial charge on any atom is -0.294 e. The molecule has 0 aliphatic heterocycles. The zero-order valence-corrected chi connectivity index (χ0v) is 8.30. The maximum Gasteiger partial charge on any atom is 0.433 e. The molecule has 5 heteroatoms. The minimum atomic E-state index is -4.51. The second-order valence-corrected chi connectivity index (χ2v) is 3.45. The van der Waals surface area contributed by atoms with Gasteiger partial charge in [0.25, 0.3) is 0 Å². The van der Waals surface area contributed by atoms with Crippen molar-refractivity contribution in [3.8, 4) is 0 Å². The van der Waals surface area contributed by atoms with Gasteiger partial charge in [-0.25, -0.2) is 0 Å². The van der Waals surface area contributed by atoms with Crippen LogP contribution in [0.1, 0.15) is 29.9 Å². The average molecular weight is 217 g/mol.